The van der Waals surface area contributed by atoms with E-state index in [9.17, 15) is 31.2 Å². The number of nitrogens with one attached hydrogen (secondary N) is 2. The Morgan fingerprint density at radius 1 is 1.22 bits per heavy atom. The molecule has 0 aromatic heterocycles. The molecule has 0 bridgehead atoms. The summed E-state index contributed by atoms with van der Waals surface area (Å²) in [5.74, 6) is -1.54. The van der Waals surface area contributed by atoms with E-state index >= 15 is 0 Å². The minimum absolute atomic E-state index is 0.0274. The number of hydrogen-bond acceptors (Lipinski definition) is 5. The van der Waals surface area contributed by atoms with Gasteiger partial charge in [-0.3, -0.25) is 9.59 Å². The molecular formula is C20H28F3N3O5S. The summed E-state index contributed by atoms with van der Waals surface area (Å²) >= 11 is 0. The molecule has 0 radical (unpaired) electrons. The number of likely N-dealkylation sites (N-methyl/N-ethyl adjacent to an activating group) is 1. The normalized spacial score (nSPS) is 17.1. The van der Waals surface area contributed by atoms with Crippen molar-refractivity contribution in [2.24, 2.45) is 11.8 Å². The second-order valence-electron chi connectivity index (χ2n) is 8.01. The quantitative estimate of drug-likeness (QED) is 0.595. The number of carbonyl (C=O) groups excluding carboxylic acids is 2. The Hall–Kier alpha value is -2.34. The van der Waals surface area contributed by atoms with Gasteiger partial charge in [0.05, 0.1) is 4.90 Å². The number of ether oxygens (including phenoxy) is 1. The molecular weight excluding hydrogens is 451 g/mol. The predicted octanol–water partition coefficient (Wildman–Crippen LogP) is 2.26. The van der Waals surface area contributed by atoms with Crippen LogP contribution in [0.3, 0.4) is 0 Å². The molecule has 1 unspecified atom stereocenters. The molecule has 1 saturated heterocycles. The Bertz CT molecular complexity index is 913. The Kier molecular flexibility index (Phi) is 8.52. The van der Waals surface area contributed by atoms with Crippen molar-refractivity contribution in [1.82, 2.24) is 14.9 Å². The summed E-state index contributed by atoms with van der Waals surface area (Å²) in [6.45, 7) is 3.92. The molecule has 180 valence electrons. The van der Waals surface area contributed by atoms with Gasteiger partial charge in [-0.2, -0.15) is 4.31 Å². The standard InChI is InChI=1S/C20H28F3N3O5S/c1-13(2)11-17(19(28)24-3)25-18(27)14-7-9-26(10-8-14)32(29,30)16-6-4-5-15(12-16)31-20(21,22)23/h4-6,12-14,17H,7-11H2,1-3H3,(H,24,28)(H,25,27). The highest BCUT2D eigenvalue weighted by molar-refractivity contribution is 7.89. The zero-order valence-electron chi connectivity index (χ0n) is 18.1. The van der Waals surface area contributed by atoms with Gasteiger partial charge in [0.25, 0.3) is 0 Å². The third kappa shape index (κ3) is 7.09. The SMILES string of the molecule is CNC(=O)C(CC(C)C)NC(=O)C1CCN(S(=O)(=O)c2cccc(OC(F)(F)F)c2)CC1. The number of amides is 2. The summed E-state index contributed by atoms with van der Waals surface area (Å²) in [4.78, 5) is 24.3. The monoisotopic (exact) mass is 479 g/mol. The molecule has 1 atom stereocenters. The minimum atomic E-state index is -4.93. The van der Waals surface area contributed by atoms with Crippen LogP contribution in [0.2, 0.25) is 0 Å². The van der Waals surface area contributed by atoms with Gasteiger partial charge in [-0.1, -0.05) is 19.9 Å². The second kappa shape index (κ2) is 10.5. The number of rotatable bonds is 8. The average molecular weight is 480 g/mol. The minimum Gasteiger partial charge on any atom is -0.406 e. The summed E-state index contributed by atoms with van der Waals surface area (Å²) in [6.07, 6.45) is -4.01. The first kappa shape index (κ1) is 25.9. The molecule has 32 heavy (non-hydrogen) atoms. The van der Waals surface area contributed by atoms with E-state index in [1.54, 1.807) is 0 Å². The summed E-state index contributed by atoms with van der Waals surface area (Å²) in [6, 6.07) is 3.52. The van der Waals surface area contributed by atoms with Gasteiger partial charge in [-0.05, 0) is 37.3 Å². The molecule has 2 rings (SSSR count). The molecule has 12 heteroatoms. The van der Waals surface area contributed by atoms with E-state index in [0.29, 0.717) is 6.42 Å². The molecule has 2 amide bonds. The predicted molar refractivity (Wildman–Crippen MR) is 110 cm³/mol. The molecule has 0 spiro atoms. The molecule has 0 saturated carbocycles. The van der Waals surface area contributed by atoms with Crippen LogP contribution in [0.15, 0.2) is 29.2 Å². The lowest BCUT2D eigenvalue weighted by Crippen LogP contribution is -2.50. The third-order valence-electron chi connectivity index (χ3n) is 5.09. The van der Waals surface area contributed by atoms with Crippen LogP contribution < -0.4 is 15.4 Å². The van der Waals surface area contributed by atoms with Crippen LogP contribution >= 0.6 is 0 Å². The average Bonchev–Trinajstić information content (AvgIpc) is 2.71. The summed E-state index contributed by atoms with van der Waals surface area (Å²) in [5.41, 5.74) is 0. The number of carbonyl (C=O) groups is 2. The summed E-state index contributed by atoms with van der Waals surface area (Å²) in [7, 11) is -2.57. The smallest absolute Gasteiger partial charge is 0.406 e. The summed E-state index contributed by atoms with van der Waals surface area (Å²) < 4.78 is 67.9. The van der Waals surface area contributed by atoms with Crippen LogP contribution in [0.4, 0.5) is 13.2 Å². The van der Waals surface area contributed by atoms with Crippen LogP contribution in [-0.4, -0.2) is 57.1 Å². The molecule has 1 aromatic carbocycles. The molecule has 1 aliphatic rings. The van der Waals surface area contributed by atoms with Crippen LogP contribution in [0.1, 0.15) is 33.1 Å². The van der Waals surface area contributed by atoms with E-state index in [-0.39, 0.29) is 48.6 Å². The molecule has 1 heterocycles. The lowest BCUT2D eigenvalue weighted by atomic mass is 9.95. The van der Waals surface area contributed by atoms with Gasteiger partial charge in [0, 0.05) is 32.1 Å². The number of halogens is 3. The van der Waals surface area contributed by atoms with Gasteiger partial charge in [-0.25, -0.2) is 8.42 Å². The number of sulfonamides is 1. The van der Waals surface area contributed by atoms with Gasteiger partial charge in [0.2, 0.25) is 21.8 Å². The first-order valence-corrected chi connectivity index (χ1v) is 11.7. The number of nitrogens with zero attached hydrogens (tertiary/aromatic N) is 1. The fraction of sp³-hybridized carbons (Fsp3) is 0.600. The van der Waals surface area contributed by atoms with Gasteiger partial charge < -0.3 is 15.4 Å². The Morgan fingerprint density at radius 3 is 2.38 bits per heavy atom. The van der Waals surface area contributed by atoms with E-state index in [2.05, 4.69) is 15.4 Å². The van der Waals surface area contributed by atoms with Crippen molar-refractivity contribution in [3.8, 4) is 5.75 Å². The van der Waals surface area contributed by atoms with Crippen molar-refractivity contribution >= 4 is 21.8 Å². The summed E-state index contributed by atoms with van der Waals surface area (Å²) in [5, 5.41) is 5.26. The molecule has 1 aliphatic heterocycles. The van der Waals surface area contributed by atoms with Gasteiger partial charge in [0.1, 0.15) is 11.8 Å². The highest BCUT2D eigenvalue weighted by Gasteiger charge is 2.35. The second-order valence-corrected chi connectivity index (χ2v) is 9.94. The topological polar surface area (TPSA) is 105 Å². The lowest BCUT2D eigenvalue weighted by Gasteiger charge is -2.31. The maximum absolute atomic E-state index is 12.8. The molecule has 1 aromatic rings. The maximum atomic E-state index is 12.8. The van der Waals surface area contributed by atoms with Crippen molar-refractivity contribution in [2.45, 2.75) is 50.4 Å². The Labute approximate surface area is 185 Å². The zero-order chi connectivity index (χ0) is 24.1. The fourth-order valence-electron chi connectivity index (χ4n) is 3.51. The first-order chi connectivity index (χ1) is 14.8. The maximum Gasteiger partial charge on any atom is 0.573 e. The van der Waals surface area contributed by atoms with Crippen LogP contribution in [0, 0.1) is 11.8 Å². The number of alkyl halides is 3. The Balaban J connectivity index is 2.03. The van der Waals surface area contributed by atoms with Crippen LogP contribution in [0.25, 0.3) is 0 Å². The van der Waals surface area contributed by atoms with Gasteiger partial charge in [0.15, 0.2) is 0 Å². The van der Waals surface area contributed by atoms with E-state index < -0.39 is 34.1 Å². The first-order valence-electron chi connectivity index (χ1n) is 10.2. The van der Waals surface area contributed by atoms with Gasteiger partial charge in [-0.15, -0.1) is 13.2 Å². The Morgan fingerprint density at radius 2 is 1.84 bits per heavy atom. The lowest BCUT2D eigenvalue weighted by molar-refractivity contribution is -0.274. The number of benzene rings is 1. The molecule has 2 N–H and O–H groups in total. The highest BCUT2D eigenvalue weighted by atomic mass is 32.2. The number of piperidine rings is 1. The molecule has 8 nitrogen and oxygen atoms in total. The van der Waals surface area contributed by atoms with E-state index in [1.165, 1.54) is 19.2 Å². The van der Waals surface area contributed by atoms with Crippen molar-refractivity contribution < 1.29 is 35.9 Å². The van der Waals surface area contributed by atoms with Crippen LogP contribution in [-0.2, 0) is 19.6 Å². The van der Waals surface area contributed by atoms with Gasteiger partial charge >= 0.3 is 6.36 Å². The van der Waals surface area contributed by atoms with E-state index in [1.807, 2.05) is 13.8 Å². The van der Waals surface area contributed by atoms with Crippen molar-refractivity contribution in [3.63, 3.8) is 0 Å². The largest absolute Gasteiger partial charge is 0.573 e. The van der Waals surface area contributed by atoms with E-state index in [0.717, 1.165) is 16.4 Å². The third-order valence-corrected chi connectivity index (χ3v) is 6.98. The fourth-order valence-corrected chi connectivity index (χ4v) is 5.01. The zero-order valence-corrected chi connectivity index (χ0v) is 18.9. The van der Waals surface area contributed by atoms with E-state index in [4.69, 9.17) is 0 Å². The number of hydrogen-bond donors (Lipinski definition) is 2. The van der Waals surface area contributed by atoms with Crippen molar-refractivity contribution in [1.29, 1.82) is 0 Å². The van der Waals surface area contributed by atoms with Crippen molar-refractivity contribution in [3.05, 3.63) is 24.3 Å². The molecule has 0 aliphatic carbocycles. The molecule has 1 fully saturated rings. The highest BCUT2D eigenvalue weighted by Crippen LogP contribution is 2.28. The van der Waals surface area contributed by atoms with Crippen molar-refractivity contribution in [2.75, 3.05) is 20.1 Å². The van der Waals surface area contributed by atoms with Crippen LogP contribution in [0.5, 0.6) is 5.75 Å².